The van der Waals surface area contributed by atoms with Crippen LogP contribution in [0.2, 0.25) is 0 Å². The fourth-order valence-electron chi connectivity index (χ4n) is 1.67. The molecule has 0 unspecified atom stereocenters. The second-order valence-corrected chi connectivity index (χ2v) is 5.46. The highest BCUT2D eigenvalue weighted by molar-refractivity contribution is 7.99. The Morgan fingerprint density at radius 2 is 2.30 bits per heavy atom. The zero-order chi connectivity index (χ0) is 13.9. The van der Waals surface area contributed by atoms with Crippen molar-refractivity contribution >= 4 is 17.7 Å². The number of hydrogen-bond acceptors (Lipinski definition) is 6. The van der Waals surface area contributed by atoms with E-state index in [4.69, 9.17) is 5.84 Å². The summed E-state index contributed by atoms with van der Waals surface area (Å²) in [6, 6.07) is 5.84. The van der Waals surface area contributed by atoms with Crippen molar-refractivity contribution in [1.82, 2.24) is 25.2 Å². The molecule has 0 spiro atoms. The van der Waals surface area contributed by atoms with E-state index in [2.05, 4.69) is 20.5 Å². The number of rotatable bonds is 5. The topological polar surface area (TPSA) is 98.7 Å². The smallest absolute Gasteiger partial charge is 0.230 e. The van der Waals surface area contributed by atoms with E-state index in [9.17, 15) is 4.79 Å². The molecule has 0 aliphatic heterocycles. The minimum Gasteiger partial charge on any atom is -0.353 e. The highest BCUT2D eigenvalue weighted by Crippen LogP contribution is 2.21. The van der Waals surface area contributed by atoms with E-state index in [1.54, 1.807) is 6.20 Å². The van der Waals surface area contributed by atoms with Gasteiger partial charge in [0.15, 0.2) is 0 Å². The summed E-state index contributed by atoms with van der Waals surface area (Å²) in [6.45, 7) is 0. The fourth-order valence-corrected chi connectivity index (χ4v) is 2.34. The summed E-state index contributed by atoms with van der Waals surface area (Å²) in [4.78, 5) is 15.8. The molecule has 104 valence electrons. The third kappa shape index (κ3) is 2.90. The van der Waals surface area contributed by atoms with Crippen LogP contribution in [0.25, 0.3) is 11.5 Å². The van der Waals surface area contributed by atoms with Crippen molar-refractivity contribution in [3.8, 4) is 11.5 Å². The highest BCUT2D eigenvalue weighted by Gasteiger charge is 2.23. The first-order valence-corrected chi connectivity index (χ1v) is 7.26. The van der Waals surface area contributed by atoms with Crippen molar-refractivity contribution in [2.75, 3.05) is 11.6 Å². The molecule has 2 aromatic rings. The van der Waals surface area contributed by atoms with E-state index in [0.29, 0.717) is 22.7 Å². The molecule has 1 saturated carbocycles. The SMILES string of the molecule is Nn1c(SCC(=O)NC2CC2)nnc1-c1ccccn1. The number of thioether (sulfide) groups is 1. The summed E-state index contributed by atoms with van der Waals surface area (Å²) in [5.41, 5.74) is 0.650. The monoisotopic (exact) mass is 290 g/mol. The quantitative estimate of drug-likeness (QED) is 0.612. The number of nitrogens with two attached hydrogens (primary N) is 1. The van der Waals surface area contributed by atoms with Crippen LogP contribution in [0.4, 0.5) is 0 Å². The van der Waals surface area contributed by atoms with Gasteiger partial charge in [-0.2, -0.15) is 0 Å². The molecule has 2 heterocycles. The van der Waals surface area contributed by atoms with Crippen LogP contribution in [0.5, 0.6) is 0 Å². The highest BCUT2D eigenvalue weighted by atomic mass is 32.2. The molecule has 1 aliphatic carbocycles. The van der Waals surface area contributed by atoms with Crippen LogP contribution in [0.1, 0.15) is 12.8 Å². The van der Waals surface area contributed by atoms with Crippen LogP contribution in [0.15, 0.2) is 29.6 Å². The van der Waals surface area contributed by atoms with Gasteiger partial charge in [-0.25, -0.2) is 4.68 Å². The third-order valence-electron chi connectivity index (χ3n) is 2.83. The van der Waals surface area contributed by atoms with Crippen LogP contribution in [0, 0.1) is 0 Å². The van der Waals surface area contributed by atoms with Crippen LogP contribution in [0.3, 0.4) is 0 Å². The van der Waals surface area contributed by atoms with E-state index < -0.39 is 0 Å². The number of carbonyl (C=O) groups excluding carboxylic acids is 1. The Kier molecular flexibility index (Phi) is 3.55. The van der Waals surface area contributed by atoms with Gasteiger partial charge in [-0.15, -0.1) is 10.2 Å². The lowest BCUT2D eigenvalue weighted by Crippen LogP contribution is -2.27. The van der Waals surface area contributed by atoms with Gasteiger partial charge < -0.3 is 11.2 Å². The number of amides is 1. The normalized spacial score (nSPS) is 14.2. The number of pyridine rings is 1. The Morgan fingerprint density at radius 1 is 1.45 bits per heavy atom. The van der Waals surface area contributed by atoms with E-state index >= 15 is 0 Å². The van der Waals surface area contributed by atoms with Crippen molar-refractivity contribution < 1.29 is 4.79 Å². The minimum absolute atomic E-state index is 0.000105. The molecule has 1 amide bonds. The van der Waals surface area contributed by atoms with Gasteiger partial charge in [0, 0.05) is 12.2 Å². The van der Waals surface area contributed by atoms with Gasteiger partial charge in [0.2, 0.25) is 16.9 Å². The first-order chi connectivity index (χ1) is 9.74. The predicted molar refractivity (Wildman–Crippen MR) is 75.3 cm³/mol. The number of nitrogen functional groups attached to an aromatic ring is 1. The van der Waals surface area contributed by atoms with Crippen LogP contribution >= 0.6 is 11.8 Å². The molecular formula is C12H14N6OS. The number of carbonyl (C=O) groups is 1. The van der Waals surface area contributed by atoms with Crippen molar-refractivity contribution in [2.24, 2.45) is 0 Å². The van der Waals surface area contributed by atoms with Gasteiger partial charge in [0.25, 0.3) is 0 Å². The number of nitrogens with zero attached hydrogens (tertiary/aromatic N) is 4. The molecule has 7 nitrogen and oxygen atoms in total. The van der Waals surface area contributed by atoms with Crippen LogP contribution in [-0.4, -0.2) is 37.6 Å². The van der Waals surface area contributed by atoms with Crippen molar-refractivity contribution in [1.29, 1.82) is 0 Å². The Hall–Kier alpha value is -2.09. The largest absolute Gasteiger partial charge is 0.353 e. The third-order valence-corrected chi connectivity index (χ3v) is 3.78. The lowest BCUT2D eigenvalue weighted by molar-refractivity contribution is -0.118. The van der Waals surface area contributed by atoms with Crippen molar-refractivity contribution in [3.05, 3.63) is 24.4 Å². The lowest BCUT2D eigenvalue weighted by atomic mass is 10.3. The van der Waals surface area contributed by atoms with E-state index in [-0.39, 0.29) is 11.7 Å². The molecule has 2 aromatic heterocycles. The Bertz CT molecular complexity index is 610. The van der Waals surface area contributed by atoms with Crippen molar-refractivity contribution in [2.45, 2.75) is 24.0 Å². The standard InChI is InChI=1S/C12H14N6OS/c13-18-11(9-3-1-2-6-14-9)16-17-12(18)20-7-10(19)15-8-4-5-8/h1-3,6,8H,4-5,7,13H2,(H,15,19). The number of hydrogen-bond donors (Lipinski definition) is 2. The summed E-state index contributed by atoms with van der Waals surface area (Å²) < 4.78 is 1.36. The van der Waals surface area contributed by atoms with Gasteiger partial charge in [0.1, 0.15) is 5.69 Å². The van der Waals surface area contributed by atoms with Crippen LogP contribution < -0.4 is 11.2 Å². The maximum Gasteiger partial charge on any atom is 0.230 e. The summed E-state index contributed by atoms with van der Waals surface area (Å²) in [7, 11) is 0. The molecule has 0 radical (unpaired) electrons. The van der Waals surface area contributed by atoms with Gasteiger partial charge in [-0.3, -0.25) is 9.78 Å². The summed E-state index contributed by atoms with van der Waals surface area (Å²) in [6.07, 6.45) is 3.82. The molecule has 0 atom stereocenters. The second-order valence-electron chi connectivity index (χ2n) is 4.52. The van der Waals surface area contributed by atoms with Crippen molar-refractivity contribution in [3.63, 3.8) is 0 Å². The molecule has 3 N–H and O–H groups in total. The molecule has 0 aromatic carbocycles. The Labute approximate surface area is 119 Å². The predicted octanol–water partition coefficient (Wildman–Crippen LogP) is 0.425. The van der Waals surface area contributed by atoms with E-state index in [1.165, 1.54) is 16.4 Å². The molecule has 3 rings (SSSR count). The molecule has 0 bridgehead atoms. The first kappa shape index (κ1) is 12.9. The zero-order valence-corrected chi connectivity index (χ0v) is 11.5. The average molecular weight is 290 g/mol. The number of nitrogens with one attached hydrogen (secondary N) is 1. The first-order valence-electron chi connectivity index (χ1n) is 6.28. The molecule has 1 fully saturated rings. The molecule has 8 heteroatoms. The average Bonchev–Trinajstić information content (AvgIpc) is 3.19. The minimum atomic E-state index is -0.000105. The Balaban J connectivity index is 1.65. The van der Waals surface area contributed by atoms with Gasteiger partial charge in [0.05, 0.1) is 5.75 Å². The number of aromatic nitrogens is 4. The lowest BCUT2D eigenvalue weighted by Gasteiger charge is -2.03. The summed E-state index contributed by atoms with van der Waals surface area (Å²) in [5, 5.41) is 11.4. The summed E-state index contributed by atoms with van der Waals surface area (Å²) >= 11 is 1.26. The van der Waals surface area contributed by atoms with Crippen LogP contribution in [-0.2, 0) is 4.79 Å². The van der Waals surface area contributed by atoms with E-state index in [0.717, 1.165) is 12.8 Å². The second kappa shape index (κ2) is 5.49. The van der Waals surface area contributed by atoms with Gasteiger partial charge in [-0.1, -0.05) is 17.8 Å². The molecule has 1 aliphatic rings. The molecular weight excluding hydrogens is 276 g/mol. The van der Waals surface area contributed by atoms with Gasteiger partial charge in [-0.05, 0) is 25.0 Å². The van der Waals surface area contributed by atoms with Gasteiger partial charge >= 0.3 is 0 Å². The zero-order valence-electron chi connectivity index (χ0n) is 10.7. The van der Waals surface area contributed by atoms with E-state index in [1.807, 2.05) is 18.2 Å². The molecule has 20 heavy (non-hydrogen) atoms. The summed E-state index contributed by atoms with van der Waals surface area (Å²) in [5.74, 6) is 6.70. The molecule has 0 saturated heterocycles. The maximum atomic E-state index is 11.6. The maximum absolute atomic E-state index is 11.6. The fraction of sp³-hybridized carbons (Fsp3) is 0.333. The Morgan fingerprint density at radius 3 is 3.00 bits per heavy atom.